The maximum atomic E-state index is 11.7. The molecule has 0 saturated heterocycles. The number of Topliss-reactive ketones (excluding diaryl/α,β-unsaturated/α-hetero) is 1. The predicted octanol–water partition coefficient (Wildman–Crippen LogP) is 1.43. The van der Waals surface area contributed by atoms with Crippen LogP contribution in [-0.2, 0) is 9.53 Å². The largest absolute Gasteiger partial charge is 0.462 e. The van der Waals surface area contributed by atoms with Crippen LogP contribution in [0.2, 0.25) is 5.15 Å². The van der Waals surface area contributed by atoms with Crippen molar-refractivity contribution in [3.8, 4) is 0 Å². The maximum absolute atomic E-state index is 11.7. The Morgan fingerprint density at radius 1 is 1.44 bits per heavy atom. The molecule has 0 spiro atoms. The number of hydrogen-bond donors (Lipinski definition) is 0. The molecule has 0 saturated carbocycles. The molecule has 0 radical (unpaired) electrons. The van der Waals surface area contributed by atoms with Gasteiger partial charge >= 0.3 is 5.97 Å². The van der Waals surface area contributed by atoms with Gasteiger partial charge in [-0.3, -0.25) is 4.79 Å². The topological polar surface area (TPSA) is 69.2 Å². The van der Waals surface area contributed by atoms with Gasteiger partial charge in [0, 0.05) is 12.4 Å². The third-order valence-electron chi connectivity index (χ3n) is 1.66. The molecule has 0 aliphatic rings. The van der Waals surface area contributed by atoms with Crippen molar-refractivity contribution >= 4 is 23.4 Å². The highest BCUT2D eigenvalue weighted by Crippen LogP contribution is 2.13. The molecule has 5 nitrogen and oxygen atoms in total. The van der Waals surface area contributed by atoms with E-state index in [4.69, 9.17) is 11.6 Å². The highest BCUT2D eigenvalue weighted by molar-refractivity contribution is 6.35. The van der Waals surface area contributed by atoms with Crippen LogP contribution < -0.4 is 0 Å². The van der Waals surface area contributed by atoms with Crippen LogP contribution in [0.3, 0.4) is 0 Å². The number of ketones is 1. The second kappa shape index (κ2) is 5.37. The van der Waals surface area contributed by atoms with E-state index in [-0.39, 0.29) is 23.0 Å². The summed E-state index contributed by atoms with van der Waals surface area (Å²) in [6.07, 6.45) is 2.64. The highest BCUT2D eigenvalue weighted by atomic mass is 35.5. The molecule has 16 heavy (non-hydrogen) atoms. The molecule has 0 aliphatic carbocycles. The number of nitrogens with zero attached hydrogens (tertiary/aromatic N) is 2. The molecule has 0 unspecified atom stereocenters. The van der Waals surface area contributed by atoms with E-state index in [0.29, 0.717) is 0 Å². The molecule has 84 valence electrons. The van der Waals surface area contributed by atoms with E-state index in [1.165, 1.54) is 12.4 Å². The fourth-order valence-corrected chi connectivity index (χ4v) is 1.12. The van der Waals surface area contributed by atoms with E-state index in [1.807, 2.05) is 0 Å². The minimum Gasteiger partial charge on any atom is -0.462 e. The molecule has 1 aromatic rings. The summed E-state index contributed by atoms with van der Waals surface area (Å²) in [5.74, 6) is -1.47. The zero-order valence-electron chi connectivity index (χ0n) is 8.57. The molecule has 1 heterocycles. The molecular formula is C10H9ClN2O3. The number of hydrogen-bond acceptors (Lipinski definition) is 5. The lowest BCUT2D eigenvalue weighted by molar-refractivity contribution is -0.138. The van der Waals surface area contributed by atoms with Gasteiger partial charge in [0.15, 0.2) is 5.15 Å². The number of carbonyl (C=O) groups excluding carboxylic acids is 2. The molecule has 1 rings (SSSR count). The molecule has 6 heteroatoms. The van der Waals surface area contributed by atoms with E-state index in [2.05, 4.69) is 21.3 Å². The van der Waals surface area contributed by atoms with Gasteiger partial charge in [0.05, 0.1) is 6.61 Å². The standard InChI is InChI=1S/C10H9ClN2O3/c1-3-16-10(15)6(2)8(14)7-9(11)13-5-4-12-7/h4-5H,2-3H2,1H3. The second-order valence-electron chi connectivity index (χ2n) is 2.72. The maximum Gasteiger partial charge on any atom is 0.341 e. The fourth-order valence-electron chi connectivity index (χ4n) is 0.927. The van der Waals surface area contributed by atoms with Crippen LogP contribution in [0.1, 0.15) is 17.4 Å². The van der Waals surface area contributed by atoms with Gasteiger partial charge in [0.1, 0.15) is 11.3 Å². The Morgan fingerprint density at radius 2 is 2.06 bits per heavy atom. The van der Waals surface area contributed by atoms with Gasteiger partial charge in [-0.2, -0.15) is 0 Å². The molecule has 0 aliphatic heterocycles. The summed E-state index contributed by atoms with van der Waals surface area (Å²) in [6.45, 7) is 5.14. The number of esters is 1. The molecule has 0 aromatic carbocycles. The number of carbonyl (C=O) groups is 2. The average Bonchev–Trinajstić information content (AvgIpc) is 2.28. The summed E-state index contributed by atoms with van der Waals surface area (Å²) >= 11 is 5.66. The Morgan fingerprint density at radius 3 is 2.62 bits per heavy atom. The summed E-state index contributed by atoms with van der Waals surface area (Å²) in [5.41, 5.74) is -0.425. The monoisotopic (exact) mass is 240 g/mol. The quantitative estimate of drug-likeness (QED) is 0.262. The van der Waals surface area contributed by atoms with Gasteiger partial charge in [-0.15, -0.1) is 0 Å². The van der Waals surface area contributed by atoms with Gasteiger partial charge in [-0.05, 0) is 6.92 Å². The summed E-state index contributed by atoms with van der Waals surface area (Å²) in [7, 11) is 0. The van der Waals surface area contributed by atoms with Crippen LogP contribution >= 0.6 is 11.6 Å². The molecule has 0 fully saturated rings. The van der Waals surface area contributed by atoms with Crippen molar-refractivity contribution in [2.45, 2.75) is 6.92 Å². The van der Waals surface area contributed by atoms with Crippen molar-refractivity contribution in [2.75, 3.05) is 6.61 Å². The highest BCUT2D eigenvalue weighted by Gasteiger charge is 2.22. The minimum absolute atomic E-state index is 0.0713. The number of aromatic nitrogens is 2. The van der Waals surface area contributed by atoms with Crippen LogP contribution in [0.15, 0.2) is 24.5 Å². The van der Waals surface area contributed by atoms with Crippen molar-refractivity contribution in [2.24, 2.45) is 0 Å². The Kier molecular flexibility index (Phi) is 4.13. The van der Waals surface area contributed by atoms with E-state index in [0.717, 1.165) is 0 Å². The Labute approximate surface area is 97.1 Å². The van der Waals surface area contributed by atoms with Crippen molar-refractivity contribution in [3.63, 3.8) is 0 Å². The summed E-state index contributed by atoms with van der Waals surface area (Å²) in [6, 6.07) is 0. The Balaban J connectivity index is 2.91. The first-order chi connectivity index (χ1) is 7.57. The molecule has 0 bridgehead atoms. The van der Waals surface area contributed by atoms with Crippen molar-refractivity contribution in [1.82, 2.24) is 9.97 Å². The SMILES string of the molecule is C=C(C(=O)OCC)C(=O)c1nccnc1Cl. The minimum atomic E-state index is -0.783. The summed E-state index contributed by atoms with van der Waals surface area (Å²) < 4.78 is 4.64. The zero-order valence-corrected chi connectivity index (χ0v) is 9.32. The van der Waals surface area contributed by atoms with Crippen molar-refractivity contribution in [3.05, 3.63) is 35.4 Å². The van der Waals surface area contributed by atoms with Gasteiger partial charge < -0.3 is 4.74 Å². The first-order valence-electron chi connectivity index (χ1n) is 4.45. The van der Waals surface area contributed by atoms with Gasteiger partial charge in [-0.1, -0.05) is 18.2 Å². The van der Waals surface area contributed by atoms with Gasteiger partial charge in [-0.25, -0.2) is 14.8 Å². The predicted molar refractivity (Wildman–Crippen MR) is 57.1 cm³/mol. The lowest BCUT2D eigenvalue weighted by Crippen LogP contribution is -2.16. The smallest absolute Gasteiger partial charge is 0.341 e. The van der Waals surface area contributed by atoms with Crippen LogP contribution in [0.5, 0.6) is 0 Å². The normalized spacial score (nSPS) is 9.62. The molecule has 0 N–H and O–H groups in total. The number of halogens is 1. The first-order valence-corrected chi connectivity index (χ1v) is 4.83. The second-order valence-corrected chi connectivity index (χ2v) is 3.08. The molecule has 1 aromatic heterocycles. The fraction of sp³-hybridized carbons (Fsp3) is 0.200. The van der Waals surface area contributed by atoms with Crippen LogP contribution in [0.4, 0.5) is 0 Å². The van der Waals surface area contributed by atoms with Gasteiger partial charge in [0.2, 0.25) is 5.78 Å². The third kappa shape index (κ3) is 2.64. The van der Waals surface area contributed by atoms with Crippen LogP contribution in [0.25, 0.3) is 0 Å². The van der Waals surface area contributed by atoms with Crippen LogP contribution in [-0.4, -0.2) is 28.3 Å². The molecule has 0 atom stereocenters. The van der Waals surface area contributed by atoms with Gasteiger partial charge in [0.25, 0.3) is 0 Å². The van der Waals surface area contributed by atoms with Crippen LogP contribution in [0, 0.1) is 0 Å². The molecular weight excluding hydrogens is 232 g/mol. The van der Waals surface area contributed by atoms with Crippen molar-refractivity contribution in [1.29, 1.82) is 0 Å². The van der Waals surface area contributed by atoms with E-state index in [9.17, 15) is 9.59 Å². The average molecular weight is 241 g/mol. The number of ether oxygens (including phenoxy) is 1. The third-order valence-corrected chi connectivity index (χ3v) is 1.94. The van der Waals surface area contributed by atoms with E-state index >= 15 is 0 Å². The van der Waals surface area contributed by atoms with E-state index < -0.39 is 11.8 Å². The lowest BCUT2D eigenvalue weighted by atomic mass is 10.1. The summed E-state index contributed by atoms with van der Waals surface area (Å²) in [5, 5.41) is -0.0713. The number of rotatable bonds is 4. The summed E-state index contributed by atoms with van der Waals surface area (Å²) in [4.78, 5) is 30.3. The zero-order chi connectivity index (χ0) is 12.1. The Hall–Kier alpha value is -1.75. The Bertz CT molecular complexity index is 445. The molecule has 0 amide bonds. The van der Waals surface area contributed by atoms with Crippen molar-refractivity contribution < 1.29 is 14.3 Å². The first kappa shape index (κ1) is 12.3. The van der Waals surface area contributed by atoms with E-state index in [1.54, 1.807) is 6.92 Å². The lowest BCUT2D eigenvalue weighted by Gasteiger charge is -2.04.